The topological polar surface area (TPSA) is 161 Å². The molecule has 3 aromatic heterocycles. The Bertz CT molecular complexity index is 2320. The molecule has 2 atom stereocenters. The van der Waals surface area contributed by atoms with Crippen LogP contribution in [0.3, 0.4) is 0 Å². The van der Waals surface area contributed by atoms with E-state index in [1.54, 1.807) is 55.5 Å². The lowest BCUT2D eigenvalue weighted by Gasteiger charge is -2.24. The number of para-hydroxylation sites is 1. The number of ether oxygens (including phenoxy) is 1. The van der Waals surface area contributed by atoms with Gasteiger partial charge < -0.3 is 39.6 Å². The van der Waals surface area contributed by atoms with E-state index in [-0.39, 0.29) is 34.0 Å². The van der Waals surface area contributed by atoms with Gasteiger partial charge in [0.15, 0.2) is 17.1 Å². The molecule has 7 rings (SSSR count). The molecule has 15 heteroatoms. The van der Waals surface area contributed by atoms with Crippen LogP contribution in [0.4, 0.5) is 24.5 Å². The number of carboxylic acid groups (broad SMARTS) is 1. The number of hydrogen-bond donors (Lipinski definition) is 5. The molecule has 0 saturated heterocycles. The van der Waals surface area contributed by atoms with Crippen molar-refractivity contribution in [1.29, 1.82) is 0 Å². The second-order valence-corrected chi connectivity index (χ2v) is 11.7. The summed E-state index contributed by atoms with van der Waals surface area (Å²) in [5.74, 6) is -4.03. The zero-order chi connectivity index (χ0) is 34.2. The van der Waals surface area contributed by atoms with Crippen LogP contribution in [-0.4, -0.2) is 57.0 Å². The summed E-state index contributed by atoms with van der Waals surface area (Å²) in [6.07, 6.45) is -5.06. The minimum Gasteiger partial charge on any atom is -0.506 e. The quantitative estimate of drug-likeness (QED) is 0.114. The number of aromatic carboxylic acids is 1. The van der Waals surface area contributed by atoms with E-state index in [1.807, 2.05) is 4.98 Å². The molecule has 6 aromatic rings. The van der Waals surface area contributed by atoms with Gasteiger partial charge in [-0.25, -0.2) is 4.79 Å². The summed E-state index contributed by atoms with van der Waals surface area (Å²) in [5, 5.41) is 24.3. The van der Waals surface area contributed by atoms with Crippen LogP contribution < -0.4 is 15.0 Å². The Balaban J connectivity index is 1.24. The zero-order valence-electron chi connectivity index (χ0n) is 25.0. The maximum Gasteiger partial charge on any atom is 0.432 e. The van der Waals surface area contributed by atoms with Gasteiger partial charge in [0.1, 0.15) is 17.1 Å². The number of phenolic OH excluding ortho intramolecular Hbond substituents is 1. The maximum atomic E-state index is 14.0. The van der Waals surface area contributed by atoms with Crippen LogP contribution in [0.5, 0.6) is 11.5 Å². The third-order valence-corrected chi connectivity index (χ3v) is 8.97. The molecule has 0 spiro atoms. The Kier molecular flexibility index (Phi) is 7.09. The fourth-order valence-electron chi connectivity index (χ4n) is 6.47. The number of methoxy groups -OCH3 is 1. The van der Waals surface area contributed by atoms with Gasteiger partial charge in [-0.1, -0.05) is 12.1 Å². The molecule has 246 valence electrons. The van der Waals surface area contributed by atoms with Crippen LogP contribution in [-0.2, 0) is 6.18 Å². The number of H-pyrrole nitrogens is 2. The Morgan fingerprint density at radius 2 is 1.85 bits per heavy atom. The predicted octanol–water partition coefficient (Wildman–Crippen LogP) is 7.45. The number of amides is 2. The summed E-state index contributed by atoms with van der Waals surface area (Å²) in [7, 11) is 1.49. The first kappa shape index (κ1) is 31.0. The number of carbonyl (C=O) groups excluding carboxylic acids is 2. The van der Waals surface area contributed by atoms with Crippen molar-refractivity contribution in [3.05, 3.63) is 82.9 Å². The standard InChI is InChI=1S/C33H24ClF3N4O7/c1-13-17(12-34)24-20(11-21(42)27-25(24)26(32(45)46)29(40-27)33(35,36)37)41(13)31(44)19-9-15-8-16(6-7-18(15)39-19)38-30(43)23-10-14-4-3-5-22(47-2)28(14)48-23/h3-11,13,17,39-40,42H,12H2,1-2H3,(H,38,43)(H,45,46)/t13?,17-/m1/s1. The molecule has 1 aliphatic heterocycles. The number of aromatic hydroxyl groups is 1. The summed E-state index contributed by atoms with van der Waals surface area (Å²) >= 11 is 6.29. The van der Waals surface area contributed by atoms with Crippen LogP contribution in [0.15, 0.2) is 59.0 Å². The summed E-state index contributed by atoms with van der Waals surface area (Å²) in [6, 6.07) is 13.7. The van der Waals surface area contributed by atoms with Gasteiger partial charge in [-0.3, -0.25) is 9.59 Å². The van der Waals surface area contributed by atoms with Crippen molar-refractivity contribution in [1.82, 2.24) is 9.97 Å². The largest absolute Gasteiger partial charge is 0.506 e. The molecule has 0 bridgehead atoms. The van der Waals surface area contributed by atoms with Crippen molar-refractivity contribution in [2.45, 2.75) is 25.1 Å². The molecule has 3 aromatic carbocycles. The van der Waals surface area contributed by atoms with Crippen LogP contribution in [0.1, 0.15) is 55.5 Å². The monoisotopic (exact) mass is 680 g/mol. The fourth-order valence-corrected chi connectivity index (χ4v) is 6.88. The molecule has 0 fully saturated rings. The van der Waals surface area contributed by atoms with Gasteiger partial charge in [0.2, 0.25) is 0 Å². The Hall–Kier alpha value is -5.63. The molecule has 0 saturated carbocycles. The Morgan fingerprint density at radius 3 is 2.54 bits per heavy atom. The molecule has 2 amide bonds. The van der Waals surface area contributed by atoms with Crippen LogP contribution >= 0.6 is 11.6 Å². The van der Waals surface area contributed by atoms with E-state index in [1.165, 1.54) is 12.0 Å². The highest BCUT2D eigenvalue weighted by Crippen LogP contribution is 2.51. The maximum absolute atomic E-state index is 14.0. The van der Waals surface area contributed by atoms with Crippen molar-refractivity contribution in [3.63, 3.8) is 0 Å². The lowest BCUT2D eigenvalue weighted by molar-refractivity contribution is -0.141. The van der Waals surface area contributed by atoms with E-state index in [2.05, 4.69) is 10.3 Å². The summed E-state index contributed by atoms with van der Waals surface area (Å²) in [6.45, 7) is 1.63. The first-order valence-corrected chi connectivity index (χ1v) is 15.0. The average molecular weight is 681 g/mol. The molecule has 4 heterocycles. The van der Waals surface area contributed by atoms with E-state index >= 15 is 0 Å². The molecular formula is C33H24ClF3N4O7. The van der Waals surface area contributed by atoms with Crippen molar-refractivity contribution < 1.29 is 46.9 Å². The normalized spacial score (nSPS) is 16.2. The third kappa shape index (κ3) is 4.70. The number of carboxylic acids is 1. The first-order valence-electron chi connectivity index (χ1n) is 14.4. The summed E-state index contributed by atoms with van der Waals surface area (Å²) < 4.78 is 52.6. The van der Waals surface area contributed by atoms with Crippen LogP contribution in [0.25, 0.3) is 32.8 Å². The number of rotatable bonds is 6. The number of nitrogens with zero attached hydrogens (tertiary/aromatic N) is 1. The molecule has 5 N–H and O–H groups in total. The molecule has 0 aliphatic carbocycles. The lowest BCUT2D eigenvalue weighted by atomic mass is 9.92. The lowest BCUT2D eigenvalue weighted by Crippen LogP contribution is -2.37. The first-order chi connectivity index (χ1) is 22.8. The van der Waals surface area contributed by atoms with E-state index in [0.717, 1.165) is 6.07 Å². The fraction of sp³-hybridized carbons (Fsp3) is 0.182. The number of carbonyl (C=O) groups is 3. The highest BCUT2D eigenvalue weighted by molar-refractivity contribution is 6.20. The smallest absolute Gasteiger partial charge is 0.432 e. The van der Waals surface area contributed by atoms with Gasteiger partial charge in [-0.2, -0.15) is 13.2 Å². The molecular weight excluding hydrogens is 657 g/mol. The van der Waals surface area contributed by atoms with Gasteiger partial charge in [-0.15, -0.1) is 11.6 Å². The van der Waals surface area contributed by atoms with E-state index < -0.39 is 58.4 Å². The van der Waals surface area contributed by atoms with Gasteiger partial charge in [0.25, 0.3) is 11.8 Å². The highest BCUT2D eigenvalue weighted by Gasteiger charge is 2.46. The van der Waals surface area contributed by atoms with E-state index in [4.69, 9.17) is 20.8 Å². The molecule has 48 heavy (non-hydrogen) atoms. The minimum absolute atomic E-state index is 0.0347. The number of anilines is 2. The van der Waals surface area contributed by atoms with Crippen LogP contribution in [0, 0.1) is 0 Å². The second-order valence-electron chi connectivity index (χ2n) is 11.4. The van der Waals surface area contributed by atoms with Crippen molar-refractivity contribution >= 4 is 73.5 Å². The highest BCUT2D eigenvalue weighted by atomic mass is 35.5. The van der Waals surface area contributed by atoms with Crippen molar-refractivity contribution in [3.8, 4) is 11.5 Å². The van der Waals surface area contributed by atoms with Gasteiger partial charge in [0, 0.05) is 51.3 Å². The Labute approximate surface area is 272 Å². The Morgan fingerprint density at radius 1 is 1.08 bits per heavy atom. The van der Waals surface area contributed by atoms with Gasteiger partial charge in [0.05, 0.1) is 23.9 Å². The number of aromatic nitrogens is 2. The summed E-state index contributed by atoms with van der Waals surface area (Å²) in [5.41, 5.74) is -1.42. The second kappa shape index (κ2) is 11.0. The number of benzene rings is 3. The van der Waals surface area contributed by atoms with Gasteiger partial charge in [-0.05, 0) is 48.9 Å². The predicted molar refractivity (Wildman–Crippen MR) is 171 cm³/mol. The number of hydrogen-bond acceptors (Lipinski definition) is 6. The molecule has 0 radical (unpaired) electrons. The van der Waals surface area contributed by atoms with Crippen molar-refractivity contribution in [2.75, 3.05) is 23.2 Å². The number of alkyl halides is 4. The zero-order valence-corrected chi connectivity index (χ0v) is 25.7. The number of halogens is 4. The summed E-state index contributed by atoms with van der Waals surface area (Å²) in [4.78, 5) is 45.5. The number of furan rings is 1. The van der Waals surface area contributed by atoms with Crippen LogP contribution in [0.2, 0.25) is 0 Å². The molecule has 1 unspecified atom stereocenters. The third-order valence-electron chi connectivity index (χ3n) is 8.64. The SMILES string of the molecule is COc1cccc2cc(C(=O)Nc3ccc4[nH]c(C(=O)N5c6cc(O)c7[nH]c(C(F)(F)F)c(C(=O)O)c7c6[C@H](CCl)C5C)cc4c3)oc12. The van der Waals surface area contributed by atoms with Crippen molar-refractivity contribution in [2.24, 2.45) is 0 Å². The average Bonchev–Trinajstić information content (AvgIpc) is 3.81. The van der Waals surface area contributed by atoms with Gasteiger partial charge >= 0.3 is 12.1 Å². The molecule has 1 aliphatic rings. The van der Waals surface area contributed by atoms with E-state index in [9.17, 15) is 37.8 Å². The number of aromatic amines is 2. The minimum atomic E-state index is -5.06. The van der Waals surface area contributed by atoms with E-state index in [0.29, 0.717) is 33.3 Å². The number of phenols is 1. The molecule has 11 nitrogen and oxygen atoms in total. The number of fused-ring (bicyclic) bond motifs is 5. The number of nitrogens with one attached hydrogen (secondary N) is 3.